The van der Waals surface area contributed by atoms with Crippen molar-refractivity contribution >= 4 is 0 Å². The van der Waals surface area contributed by atoms with Gasteiger partial charge in [-0.3, -0.25) is 0 Å². The van der Waals surface area contributed by atoms with E-state index in [0.717, 1.165) is 6.04 Å². The van der Waals surface area contributed by atoms with E-state index in [4.69, 9.17) is 0 Å². The molecule has 1 aliphatic heterocycles. The number of unbranched alkanes of at least 4 members (excludes halogenated alkanes) is 1. The first-order valence-corrected chi connectivity index (χ1v) is 4.17. The van der Waals surface area contributed by atoms with Crippen LogP contribution in [0.25, 0.3) is 0 Å². The summed E-state index contributed by atoms with van der Waals surface area (Å²) in [6.45, 7) is 3.52. The molecule has 1 saturated heterocycles. The molecule has 0 saturated carbocycles. The predicted molar refractivity (Wildman–Crippen MR) is 40.5 cm³/mol. The van der Waals surface area contributed by atoms with Crippen LogP contribution >= 0.6 is 0 Å². The van der Waals surface area contributed by atoms with Gasteiger partial charge in [-0.2, -0.15) is 0 Å². The van der Waals surface area contributed by atoms with Gasteiger partial charge in [-0.25, -0.2) is 0 Å². The van der Waals surface area contributed by atoms with Crippen molar-refractivity contribution in [3.8, 4) is 0 Å². The Morgan fingerprint density at radius 1 is 1.56 bits per heavy atom. The molecule has 1 atom stereocenters. The Hall–Kier alpha value is -0.0400. The lowest BCUT2D eigenvalue weighted by atomic mass is 10.1. The molecule has 0 amide bonds. The van der Waals surface area contributed by atoms with Crippen LogP contribution in [0.15, 0.2) is 0 Å². The van der Waals surface area contributed by atoms with Gasteiger partial charge >= 0.3 is 0 Å². The minimum Gasteiger partial charge on any atom is -0.314 e. The number of hydrogen-bond acceptors (Lipinski definition) is 1. The molecule has 0 radical (unpaired) electrons. The van der Waals surface area contributed by atoms with E-state index in [-0.39, 0.29) is 0 Å². The van der Waals surface area contributed by atoms with Crippen molar-refractivity contribution in [3.05, 3.63) is 0 Å². The maximum atomic E-state index is 3.49. The Morgan fingerprint density at radius 2 is 2.44 bits per heavy atom. The Bertz CT molecular complexity index is 65.0. The minimum absolute atomic E-state index is 0.866. The van der Waals surface area contributed by atoms with E-state index in [1.54, 1.807) is 0 Å². The highest BCUT2D eigenvalue weighted by atomic mass is 14.9. The molecule has 0 aliphatic carbocycles. The van der Waals surface area contributed by atoms with Crippen LogP contribution in [0.2, 0.25) is 0 Å². The lowest BCUT2D eigenvalue weighted by molar-refractivity contribution is 0.532. The van der Waals surface area contributed by atoms with Gasteiger partial charge in [-0.1, -0.05) is 19.8 Å². The minimum atomic E-state index is 0.866. The Kier molecular flexibility index (Phi) is 3.05. The zero-order valence-electron chi connectivity index (χ0n) is 6.32. The predicted octanol–water partition coefficient (Wildman–Crippen LogP) is 1.93. The van der Waals surface area contributed by atoms with Crippen LogP contribution < -0.4 is 5.32 Å². The van der Waals surface area contributed by atoms with Gasteiger partial charge in [0.15, 0.2) is 0 Å². The molecular formula is C8H17N. The van der Waals surface area contributed by atoms with Gasteiger partial charge in [0.2, 0.25) is 0 Å². The first kappa shape index (κ1) is 7.07. The fraction of sp³-hybridized carbons (Fsp3) is 1.00. The second kappa shape index (κ2) is 3.89. The Balaban J connectivity index is 1.98. The quantitative estimate of drug-likeness (QED) is 0.611. The molecule has 1 N–H and O–H groups in total. The average molecular weight is 127 g/mol. The van der Waals surface area contributed by atoms with E-state index in [1.807, 2.05) is 0 Å². The van der Waals surface area contributed by atoms with Gasteiger partial charge in [0.1, 0.15) is 0 Å². The van der Waals surface area contributed by atoms with Crippen LogP contribution in [0.1, 0.15) is 39.0 Å². The molecule has 54 valence electrons. The summed E-state index contributed by atoms with van der Waals surface area (Å²) in [5.74, 6) is 0. The van der Waals surface area contributed by atoms with Crippen molar-refractivity contribution in [1.82, 2.24) is 5.32 Å². The van der Waals surface area contributed by atoms with E-state index in [2.05, 4.69) is 12.2 Å². The van der Waals surface area contributed by atoms with Gasteiger partial charge in [0.25, 0.3) is 0 Å². The largest absolute Gasteiger partial charge is 0.314 e. The molecule has 1 rings (SSSR count). The first-order valence-electron chi connectivity index (χ1n) is 4.17. The van der Waals surface area contributed by atoms with Gasteiger partial charge in [0.05, 0.1) is 0 Å². The van der Waals surface area contributed by atoms with Crippen LogP contribution in [-0.2, 0) is 0 Å². The Labute approximate surface area is 57.8 Å². The summed E-state index contributed by atoms with van der Waals surface area (Å²) in [6.07, 6.45) is 6.96. The average Bonchev–Trinajstić information content (AvgIpc) is 2.34. The van der Waals surface area contributed by atoms with Gasteiger partial charge in [0, 0.05) is 6.04 Å². The summed E-state index contributed by atoms with van der Waals surface area (Å²) in [5.41, 5.74) is 0. The van der Waals surface area contributed by atoms with Crippen LogP contribution in [0.5, 0.6) is 0 Å². The molecule has 9 heavy (non-hydrogen) atoms. The van der Waals surface area contributed by atoms with Crippen molar-refractivity contribution < 1.29 is 0 Å². The molecule has 0 spiro atoms. The molecule has 0 aromatic carbocycles. The number of rotatable bonds is 3. The molecule has 0 aromatic rings. The molecular weight excluding hydrogens is 110 g/mol. The summed E-state index contributed by atoms with van der Waals surface area (Å²) in [5, 5.41) is 3.49. The van der Waals surface area contributed by atoms with E-state index < -0.39 is 0 Å². The molecule has 1 heterocycles. The fourth-order valence-electron chi connectivity index (χ4n) is 1.45. The third kappa shape index (κ3) is 2.35. The number of nitrogens with one attached hydrogen (secondary N) is 1. The molecule has 1 nitrogen and oxygen atoms in total. The second-order valence-electron chi connectivity index (χ2n) is 2.94. The van der Waals surface area contributed by atoms with E-state index >= 15 is 0 Å². The van der Waals surface area contributed by atoms with Crippen LogP contribution in [-0.4, -0.2) is 12.6 Å². The number of hydrogen-bond donors (Lipinski definition) is 1. The smallest absolute Gasteiger partial charge is 0.00675 e. The molecule has 0 bridgehead atoms. The van der Waals surface area contributed by atoms with Crippen molar-refractivity contribution in [2.45, 2.75) is 45.1 Å². The SMILES string of the molecule is CCCC[C@H]1CCCN1. The van der Waals surface area contributed by atoms with Crippen molar-refractivity contribution in [2.75, 3.05) is 6.54 Å². The molecule has 1 heteroatoms. The lowest BCUT2D eigenvalue weighted by Gasteiger charge is -2.06. The van der Waals surface area contributed by atoms with Crippen LogP contribution in [0.4, 0.5) is 0 Å². The van der Waals surface area contributed by atoms with Gasteiger partial charge in [-0.05, 0) is 25.8 Å². The fourth-order valence-corrected chi connectivity index (χ4v) is 1.45. The summed E-state index contributed by atoms with van der Waals surface area (Å²) >= 11 is 0. The van der Waals surface area contributed by atoms with Crippen LogP contribution in [0.3, 0.4) is 0 Å². The highest BCUT2D eigenvalue weighted by Crippen LogP contribution is 2.11. The topological polar surface area (TPSA) is 12.0 Å². The summed E-state index contributed by atoms with van der Waals surface area (Å²) in [6, 6.07) is 0.866. The second-order valence-corrected chi connectivity index (χ2v) is 2.94. The molecule has 0 aromatic heterocycles. The third-order valence-corrected chi connectivity index (χ3v) is 2.07. The highest BCUT2D eigenvalue weighted by molar-refractivity contribution is 4.73. The third-order valence-electron chi connectivity index (χ3n) is 2.07. The maximum Gasteiger partial charge on any atom is 0.00675 e. The zero-order chi connectivity index (χ0) is 6.53. The normalized spacial score (nSPS) is 27.0. The molecule has 0 unspecified atom stereocenters. The molecule has 1 fully saturated rings. The summed E-state index contributed by atoms with van der Waals surface area (Å²) in [7, 11) is 0. The van der Waals surface area contributed by atoms with E-state index in [1.165, 1.54) is 38.6 Å². The highest BCUT2D eigenvalue weighted by Gasteiger charge is 2.11. The molecule has 1 aliphatic rings. The maximum absolute atomic E-state index is 3.49. The lowest BCUT2D eigenvalue weighted by Crippen LogP contribution is -2.20. The monoisotopic (exact) mass is 127 g/mol. The summed E-state index contributed by atoms with van der Waals surface area (Å²) < 4.78 is 0. The van der Waals surface area contributed by atoms with E-state index in [0.29, 0.717) is 0 Å². The summed E-state index contributed by atoms with van der Waals surface area (Å²) in [4.78, 5) is 0. The Morgan fingerprint density at radius 3 is 3.00 bits per heavy atom. The van der Waals surface area contributed by atoms with Crippen molar-refractivity contribution in [1.29, 1.82) is 0 Å². The van der Waals surface area contributed by atoms with E-state index in [9.17, 15) is 0 Å². The standard InChI is InChI=1S/C8H17N/c1-2-3-5-8-6-4-7-9-8/h8-9H,2-7H2,1H3/t8-/m0/s1. The van der Waals surface area contributed by atoms with Gasteiger partial charge < -0.3 is 5.32 Å². The van der Waals surface area contributed by atoms with Gasteiger partial charge in [-0.15, -0.1) is 0 Å². The first-order chi connectivity index (χ1) is 4.43. The van der Waals surface area contributed by atoms with Crippen molar-refractivity contribution in [3.63, 3.8) is 0 Å². The van der Waals surface area contributed by atoms with Crippen LogP contribution in [0, 0.1) is 0 Å². The zero-order valence-corrected chi connectivity index (χ0v) is 6.32. The van der Waals surface area contributed by atoms with Crippen molar-refractivity contribution in [2.24, 2.45) is 0 Å².